The fourth-order valence-electron chi connectivity index (χ4n) is 3.84. The van der Waals surface area contributed by atoms with Crippen LogP contribution in [-0.2, 0) is 4.79 Å². The minimum atomic E-state index is 0.250. The molecule has 0 radical (unpaired) electrons. The van der Waals surface area contributed by atoms with Crippen LogP contribution in [0.3, 0.4) is 0 Å². The number of amides is 1. The van der Waals surface area contributed by atoms with Crippen LogP contribution in [0.2, 0.25) is 0 Å². The predicted molar refractivity (Wildman–Crippen MR) is 83.3 cm³/mol. The number of carbonyl (C=O) groups is 1. The van der Waals surface area contributed by atoms with E-state index in [-0.39, 0.29) is 6.04 Å². The van der Waals surface area contributed by atoms with Crippen molar-refractivity contribution in [1.29, 1.82) is 0 Å². The van der Waals surface area contributed by atoms with Crippen molar-refractivity contribution in [3.05, 3.63) is 0 Å². The number of hydrogen-bond acceptors (Lipinski definition) is 2. The zero-order chi connectivity index (χ0) is 14.8. The number of carbonyl (C=O) groups excluding carboxylic acids is 1. The van der Waals surface area contributed by atoms with Crippen LogP contribution >= 0.6 is 0 Å². The standard InChI is InChI=1S/C17H32N2O/c1-17(2,3)14-8-10-19(11-9-14)16(20)12-13-6-4-5-7-15(13)18/h13-15H,4-12,18H2,1-3H3. The second-order valence-electron chi connectivity index (χ2n) is 7.93. The van der Waals surface area contributed by atoms with Crippen molar-refractivity contribution in [1.82, 2.24) is 4.90 Å². The first-order valence-corrected chi connectivity index (χ1v) is 8.41. The van der Waals surface area contributed by atoms with Crippen LogP contribution in [0.15, 0.2) is 0 Å². The fraction of sp³-hybridized carbons (Fsp3) is 0.941. The molecule has 3 heteroatoms. The monoisotopic (exact) mass is 280 g/mol. The highest BCUT2D eigenvalue weighted by Crippen LogP contribution is 2.35. The Morgan fingerprint density at radius 1 is 1.10 bits per heavy atom. The van der Waals surface area contributed by atoms with Gasteiger partial charge in [-0.2, -0.15) is 0 Å². The summed E-state index contributed by atoms with van der Waals surface area (Å²) in [7, 11) is 0. The molecule has 1 aliphatic heterocycles. The van der Waals surface area contributed by atoms with Gasteiger partial charge in [0.15, 0.2) is 0 Å². The van der Waals surface area contributed by atoms with E-state index in [9.17, 15) is 4.79 Å². The number of nitrogens with zero attached hydrogens (tertiary/aromatic N) is 1. The topological polar surface area (TPSA) is 46.3 Å². The summed E-state index contributed by atoms with van der Waals surface area (Å²) in [4.78, 5) is 14.5. The van der Waals surface area contributed by atoms with Gasteiger partial charge in [-0.05, 0) is 42.9 Å². The maximum absolute atomic E-state index is 12.4. The van der Waals surface area contributed by atoms with Gasteiger partial charge in [-0.1, -0.05) is 33.6 Å². The third kappa shape index (κ3) is 3.97. The minimum Gasteiger partial charge on any atom is -0.343 e. The quantitative estimate of drug-likeness (QED) is 0.844. The van der Waals surface area contributed by atoms with Crippen LogP contribution in [0.25, 0.3) is 0 Å². The first-order chi connectivity index (χ1) is 9.38. The molecule has 0 bridgehead atoms. The Labute approximate surface area is 124 Å². The van der Waals surface area contributed by atoms with Gasteiger partial charge in [0, 0.05) is 25.6 Å². The zero-order valence-corrected chi connectivity index (χ0v) is 13.5. The van der Waals surface area contributed by atoms with E-state index >= 15 is 0 Å². The van der Waals surface area contributed by atoms with E-state index in [4.69, 9.17) is 5.73 Å². The molecule has 20 heavy (non-hydrogen) atoms. The first-order valence-electron chi connectivity index (χ1n) is 8.41. The van der Waals surface area contributed by atoms with E-state index in [2.05, 4.69) is 25.7 Å². The van der Waals surface area contributed by atoms with Crippen LogP contribution in [-0.4, -0.2) is 29.9 Å². The van der Waals surface area contributed by atoms with Gasteiger partial charge in [-0.25, -0.2) is 0 Å². The van der Waals surface area contributed by atoms with E-state index in [1.54, 1.807) is 0 Å². The summed E-state index contributed by atoms with van der Waals surface area (Å²) in [6, 6.07) is 0.250. The van der Waals surface area contributed by atoms with Gasteiger partial charge in [-0.15, -0.1) is 0 Å². The fourth-order valence-corrected chi connectivity index (χ4v) is 3.84. The van der Waals surface area contributed by atoms with E-state index in [1.807, 2.05) is 0 Å². The van der Waals surface area contributed by atoms with Gasteiger partial charge in [0.2, 0.25) is 5.91 Å². The molecule has 2 N–H and O–H groups in total. The van der Waals surface area contributed by atoms with Crippen molar-refractivity contribution in [2.75, 3.05) is 13.1 Å². The van der Waals surface area contributed by atoms with Crippen LogP contribution in [0.5, 0.6) is 0 Å². The Morgan fingerprint density at radius 2 is 1.70 bits per heavy atom. The van der Waals surface area contributed by atoms with Gasteiger partial charge < -0.3 is 10.6 Å². The van der Waals surface area contributed by atoms with Gasteiger partial charge >= 0.3 is 0 Å². The molecule has 0 aromatic carbocycles. The molecule has 0 aromatic rings. The van der Waals surface area contributed by atoms with E-state index in [1.165, 1.54) is 12.8 Å². The van der Waals surface area contributed by atoms with E-state index in [0.717, 1.165) is 44.7 Å². The highest BCUT2D eigenvalue weighted by atomic mass is 16.2. The second kappa shape index (κ2) is 6.46. The molecule has 1 aliphatic carbocycles. The van der Waals surface area contributed by atoms with Gasteiger partial charge in [0.25, 0.3) is 0 Å². The third-order valence-electron chi connectivity index (χ3n) is 5.48. The van der Waals surface area contributed by atoms with E-state index < -0.39 is 0 Å². The minimum absolute atomic E-state index is 0.250. The summed E-state index contributed by atoms with van der Waals surface area (Å²) in [5.74, 6) is 1.53. The zero-order valence-electron chi connectivity index (χ0n) is 13.5. The molecule has 1 saturated carbocycles. The van der Waals surface area contributed by atoms with Crippen LogP contribution in [0.4, 0.5) is 0 Å². The Balaban J connectivity index is 1.80. The molecule has 3 nitrogen and oxygen atoms in total. The summed E-state index contributed by atoms with van der Waals surface area (Å²) in [5, 5.41) is 0. The normalized spacial score (nSPS) is 29.5. The summed E-state index contributed by atoms with van der Waals surface area (Å²) in [5.41, 5.74) is 6.54. The Kier molecular flexibility index (Phi) is 5.11. The molecule has 116 valence electrons. The Hall–Kier alpha value is -0.570. The SMILES string of the molecule is CC(C)(C)C1CCN(C(=O)CC2CCCCC2N)CC1. The summed E-state index contributed by atoms with van der Waals surface area (Å²) in [6.45, 7) is 8.84. The molecule has 0 spiro atoms. The molecule has 1 saturated heterocycles. The highest BCUT2D eigenvalue weighted by Gasteiger charge is 2.32. The summed E-state index contributed by atoms with van der Waals surface area (Å²) in [6.07, 6.45) is 7.73. The molecular formula is C17H32N2O. The Morgan fingerprint density at radius 3 is 2.25 bits per heavy atom. The molecule has 2 aliphatic rings. The maximum Gasteiger partial charge on any atom is 0.222 e. The lowest BCUT2D eigenvalue weighted by Crippen LogP contribution is -2.43. The van der Waals surface area contributed by atoms with E-state index in [0.29, 0.717) is 23.7 Å². The van der Waals surface area contributed by atoms with Crippen LogP contribution in [0, 0.1) is 17.3 Å². The highest BCUT2D eigenvalue weighted by molar-refractivity contribution is 5.76. The second-order valence-corrected chi connectivity index (χ2v) is 7.93. The predicted octanol–water partition coefficient (Wildman–Crippen LogP) is 3.18. The maximum atomic E-state index is 12.4. The summed E-state index contributed by atoms with van der Waals surface area (Å²) < 4.78 is 0. The van der Waals surface area contributed by atoms with Crippen molar-refractivity contribution < 1.29 is 4.79 Å². The van der Waals surface area contributed by atoms with Crippen molar-refractivity contribution in [3.8, 4) is 0 Å². The number of hydrogen-bond donors (Lipinski definition) is 1. The van der Waals surface area contributed by atoms with Gasteiger partial charge in [0.1, 0.15) is 0 Å². The van der Waals surface area contributed by atoms with Gasteiger partial charge in [0.05, 0.1) is 0 Å². The van der Waals surface area contributed by atoms with Crippen molar-refractivity contribution in [3.63, 3.8) is 0 Å². The van der Waals surface area contributed by atoms with Crippen molar-refractivity contribution >= 4 is 5.91 Å². The molecule has 2 fully saturated rings. The third-order valence-corrected chi connectivity index (χ3v) is 5.48. The largest absolute Gasteiger partial charge is 0.343 e. The molecule has 0 aromatic heterocycles. The van der Waals surface area contributed by atoms with Crippen LogP contribution in [0.1, 0.15) is 65.7 Å². The lowest BCUT2D eigenvalue weighted by Gasteiger charge is -2.39. The number of likely N-dealkylation sites (tertiary alicyclic amines) is 1. The van der Waals surface area contributed by atoms with Crippen molar-refractivity contribution in [2.45, 2.75) is 71.8 Å². The number of piperidine rings is 1. The number of rotatable bonds is 2. The molecule has 2 atom stereocenters. The van der Waals surface area contributed by atoms with Gasteiger partial charge in [-0.3, -0.25) is 4.79 Å². The lowest BCUT2D eigenvalue weighted by molar-refractivity contribution is -0.134. The average molecular weight is 280 g/mol. The molecule has 2 rings (SSSR count). The molecule has 2 unspecified atom stereocenters. The number of nitrogens with two attached hydrogens (primary N) is 1. The average Bonchev–Trinajstić information content (AvgIpc) is 2.40. The molecule has 1 amide bonds. The summed E-state index contributed by atoms with van der Waals surface area (Å²) >= 11 is 0. The van der Waals surface area contributed by atoms with Crippen LogP contribution < -0.4 is 5.73 Å². The first kappa shape index (κ1) is 15.8. The lowest BCUT2D eigenvalue weighted by atomic mass is 9.75. The van der Waals surface area contributed by atoms with Crippen molar-refractivity contribution in [2.24, 2.45) is 23.0 Å². The smallest absolute Gasteiger partial charge is 0.222 e. The Bertz CT molecular complexity index is 326. The molecular weight excluding hydrogens is 248 g/mol. The molecule has 1 heterocycles.